The molecule has 0 radical (unpaired) electrons. The van der Waals surface area contributed by atoms with E-state index in [1.165, 1.54) is 0 Å². The van der Waals surface area contributed by atoms with Gasteiger partial charge in [0.2, 0.25) is 11.8 Å². The van der Waals surface area contributed by atoms with Gasteiger partial charge in [0, 0.05) is 12.1 Å². The Bertz CT molecular complexity index is 906. The van der Waals surface area contributed by atoms with E-state index in [0.717, 1.165) is 0 Å². The number of nitrogens with one attached hydrogen (secondary N) is 2. The van der Waals surface area contributed by atoms with E-state index >= 15 is 0 Å². The second kappa shape index (κ2) is 8.06. The van der Waals surface area contributed by atoms with Crippen molar-refractivity contribution in [1.82, 2.24) is 0 Å². The Hall–Kier alpha value is -3.16. The van der Waals surface area contributed by atoms with Crippen LogP contribution in [0.1, 0.15) is 39.2 Å². The summed E-state index contributed by atoms with van der Waals surface area (Å²) in [5.41, 5.74) is -0.931. The van der Waals surface area contributed by atoms with Crippen molar-refractivity contribution >= 4 is 29.4 Å². The second-order valence-corrected chi connectivity index (χ2v) is 6.73. The number of para-hydroxylation sites is 1. The van der Waals surface area contributed by atoms with E-state index in [-0.39, 0.29) is 24.5 Å². The number of fused-ring (bicyclic) bond motifs is 2. The lowest BCUT2D eigenvalue weighted by atomic mass is 9.63. The molecule has 2 N–H and O–H groups in total. The highest BCUT2D eigenvalue weighted by Gasteiger charge is 2.65. The number of hydrogen-bond acceptors (Lipinski definition) is 7. The van der Waals surface area contributed by atoms with Gasteiger partial charge in [0.05, 0.1) is 18.8 Å². The molecule has 0 saturated carbocycles. The van der Waals surface area contributed by atoms with Gasteiger partial charge in [-0.25, -0.2) is 4.79 Å². The van der Waals surface area contributed by atoms with Crippen LogP contribution in [0.3, 0.4) is 0 Å². The van der Waals surface area contributed by atoms with Crippen LogP contribution in [-0.4, -0.2) is 37.0 Å². The monoisotopic (exact) mass is 400 g/mol. The number of benzene rings is 1. The topological polar surface area (TPSA) is 115 Å². The Morgan fingerprint density at radius 3 is 2.52 bits per heavy atom. The highest BCUT2D eigenvalue weighted by molar-refractivity contribution is 6.21. The van der Waals surface area contributed by atoms with E-state index in [1.54, 1.807) is 38.1 Å². The van der Waals surface area contributed by atoms with Crippen molar-refractivity contribution in [2.24, 2.45) is 5.92 Å². The molecule has 1 spiro atoms. The lowest BCUT2D eigenvalue weighted by molar-refractivity contribution is -0.151. The van der Waals surface area contributed by atoms with Gasteiger partial charge in [0.1, 0.15) is 11.2 Å². The zero-order chi connectivity index (χ0) is 21.2. The maximum absolute atomic E-state index is 13.4. The molecule has 0 saturated heterocycles. The van der Waals surface area contributed by atoms with Crippen LogP contribution >= 0.6 is 0 Å². The van der Waals surface area contributed by atoms with Gasteiger partial charge in [0.15, 0.2) is 5.92 Å². The Kier molecular flexibility index (Phi) is 5.72. The predicted octanol–water partition coefficient (Wildman–Crippen LogP) is 2.68. The minimum absolute atomic E-state index is 0.0438. The van der Waals surface area contributed by atoms with Gasteiger partial charge >= 0.3 is 11.9 Å². The number of anilines is 1. The molecule has 1 amide bonds. The number of carbonyl (C=O) groups excluding carboxylic acids is 3. The van der Waals surface area contributed by atoms with Crippen molar-refractivity contribution < 1.29 is 28.6 Å². The summed E-state index contributed by atoms with van der Waals surface area (Å²) in [5, 5.41) is 11.2. The molecule has 29 heavy (non-hydrogen) atoms. The van der Waals surface area contributed by atoms with Crippen molar-refractivity contribution in [3.05, 3.63) is 41.2 Å². The molecule has 8 heteroatoms. The lowest BCUT2D eigenvalue weighted by Crippen LogP contribution is -2.56. The third kappa shape index (κ3) is 3.08. The maximum atomic E-state index is 13.4. The minimum atomic E-state index is -1.78. The van der Waals surface area contributed by atoms with E-state index in [2.05, 4.69) is 5.32 Å². The summed E-state index contributed by atoms with van der Waals surface area (Å²) in [4.78, 5) is 39.4. The van der Waals surface area contributed by atoms with Gasteiger partial charge in [-0.2, -0.15) is 0 Å². The van der Waals surface area contributed by atoms with E-state index < -0.39 is 35.1 Å². The number of ether oxygens (including phenoxy) is 3. The van der Waals surface area contributed by atoms with Crippen molar-refractivity contribution in [1.29, 1.82) is 5.41 Å². The zero-order valence-electron chi connectivity index (χ0n) is 16.7. The SMILES string of the molecule is CCCC1=C(C(=O)OCC)C2(C(=O)Nc3ccccc32)C(C(=O)OCC)C(=N)O1. The third-order valence-electron chi connectivity index (χ3n) is 5.04. The molecule has 1 aromatic rings. The maximum Gasteiger partial charge on any atom is 0.338 e. The van der Waals surface area contributed by atoms with Crippen LogP contribution in [0, 0.1) is 11.3 Å². The quantitative estimate of drug-likeness (QED) is 0.710. The second-order valence-electron chi connectivity index (χ2n) is 6.73. The normalized spacial score (nSPS) is 22.8. The molecule has 154 valence electrons. The summed E-state index contributed by atoms with van der Waals surface area (Å²) in [6.45, 7) is 5.31. The van der Waals surface area contributed by atoms with Crippen LogP contribution in [0.15, 0.2) is 35.6 Å². The highest BCUT2D eigenvalue weighted by Crippen LogP contribution is 2.53. The van der Waals surface area contributed by atoms with E-state index in [0.29, 0.717) is 24.1 Å². The first kappa shape index (κ1) is 20.6. The molecular weight excluding hydrogens is 376 g/mol. The van der Waals surface area contributed by atoms with Crippen LogP contribution in [0.25, 0.3) is 0 Å². The fourth-order valence-corrected chi connectivity index (χ4v) is 4.01. The Morgan fingerprint density at radius 2 is 1.86 bits per heavy atom. The fraction of sp³-hybridized carbons (Fsp3) is 0.429. The number of rotatable bonds is 6. The van der Waals surface area contributed by atoms with Crippen molar-refractivity contribution in [2.75, 3.05) is 18.5 Å². The summed E-state index contributed by atoms with van der Waals surface area (Å²) in [6, 6.07) is 6.81. The van der Waals surface area contributed by atoms with E-state index in [4.69, 9.17) is 19.6 Å². The number of amides is 1. The Labute approximate surface area is 168 Å². The molecule has 0 bridgehead atoms. The molecule has 2 heterocycles. The molecule has 0 aliphatic carbocycles. The summed E-state index contributed by atoms with van der Waals surface area (Å²) in [5.74, 6) is -3.82. The van der Waals surface area contributed by atoms with Gasteiger partial charge < -0.3 is 19.5 Å². The molecule has 0 aromatic heterocycles. The van der Waals surface area contributed by atoms with Crippen LogP contribution in [0.5, 0.6) is 0 Å². The molecule has 0 fully saturated rings. The van der Waals surface area contributed by atoms with Gasteiger partial charge in [-0.1, -0.05) is 25.1 Å². The number of esters is 2. The molecular formula is C21H24N2O6. The predicted molar refractivity (Wildman–Crippen MR) is 104 cm³/mol. The molecule has 2 unspecified atom stereocenters. The summed E-state index contributed by atoms with van der Waals surface area (Å²) in [7, 11) is 0. The molecule has 2 atom stereocenters. The standard InChI is InChI=1S/C21H24N2O6/c1-4-9-14-15(18(24)27-5-2)21(16(17(22)29-14)19(25)28-6-3)12-10-7-8-11-13(12)23-20(21)26/h7-8,10-11,16,22H,4-6,9H2,1-3H3,(H,23,26). The summed E-state index contributed by atoms with van der Waals surface area (Å²) in [6.07, 6.45) is 0.915. The van der Waals surface area contributed by atoms with Gasteiger partial charge in [-0.05, 0) is 31.9 Å². The van der Waals surface area contributed by atoms with Gasteiger partial charge in [-0.3, -0.25) is 15.0 Å². The van der Waals surface area contributed by atoms with Crippen molar-refractivity contribution in [2.45, 2.75) is 39.0 Å². The van der Waals surface area contributed by atoms with Crippen LogP contribution in [0.2, 0.25) is 0 Å². The Balaban J connectivity index is 2.38. The molecule has 2 aliphatic rings. The van der Waals surface area contributed by atoms with Crippen LogP contribution < -0.4 is 5.32 Å². The summed E-state index contributed by atoms with van der Waals surface area (Å²) >= 11 is 0. The average molecular weight is 400 g/mol. The van der Waals surface area contributed by atoms with E-state index in [9.17, 15) is 14.4 Å². The van der Waals surface area contributed by atoms with Crippen molar-refractivity contribution in [3.8, 4) is 0 Å². The fourth-order valence-electron chi connectivity index (χ4n) is 4.01. The van der Waals surface area contributed by atoms with Crippen molar-refractivity contribution in [3.63, 3.8) is 0 Å². The molecule has 1 aromatic carbocycles. The largest absolute Gasteiger partial charge is 0.465 e. The number of carbonyl (C=O) groups is 3. The van der Waals surface area contributed by atoms with Crippen LogP contribution in [0.4, 0.5) is 5.69 Å². The van der Waals surface area contributed by atoms with Gasteiger partial charge in [-0.15, -0.1) is 0 Å². The number of allylic oxidation sites excluding steroid dienone is 1. The first-order valence-electron chi connectivity index (χ1n) is 9.67. The molecule has 3 rings (SSSR count). The lowest BCUT2D eigenvalue weighted by Gasteiger charge is -2.40. The summed E-state index contributed by atoms with van der Waals surface area (Å²) < 4.78 is 16.0. The first-order valence-corrected chi connectivity index (χ1v) is 9.67. The minimum Gasteiger partial charge on any atom is -0.465 e. The van der Waals surface area contributed by atoms with Gasteiger partial charge in [0.25, 0.3) is 0 Å². The highest BCUT2D eigenvalue weighted by atomic mass is 16.5. The third-order valence-corrected chi connectivity index (χ3v) is 5.04. The number of hydrogen-bond donors (Lipinski definition) is 2. The van der Waals surface area contributed by atoms with Crippen LogP contribution in [-0.2, 0) is 34.0 Å². The smallest absolute Gasteiger partial charge is 0.338 e. The van der Waals surface area contributed by atoms with E-state index in [1.807, 2.05) is 6.92 Å². The molecule has 8 nitrogen and oxygen atoms in total. The average Bonchev–Trinajstić information content (AvgIpc) is 2.95. The first-order chi connectivity index (χ1) is 13.9. The Morgan fingerprint density at radius 1 is 1.17 bits per heavy atom. The molecule has 2 aliphatic heterocycles. The zero-order valence-corrected chi connectivity index (χ0v) is 16.7.